The third-order valence-corrected chi connectivity index (χ3v) is 6.37. The molecule has 4 nitrogen and oxygen atoms in total. The van der Waals surface area contributed by atoms with Gasteiger partial charge < -0.3 is 13.7 Å². The van der Waals surface area contributed by atoms with Crippen LogP contribution in [-0.4, -0.2) is 23.3 Å². The molecule has 0 N–H and O–H groups in total. The maximum atomic E-state index is 14.9. The average Bonchev–Trinajstić information content (AvgIpc) is 3.29. The Morgan fingerprint density at radius 3 is 2.41 bits per heavy atom. The third-order valence-electron chi connectivity index (χ3n) is 6.37. The lowest BCUT2D eigenvalue weighted by atomic mass is 9.78. The van der Waals surface area contributed by atoms with Crippen molar-refractivity contribution < 1.29 is 18.1 Å². The predicted octanol–water partition coefficient (Wildman–Crippen LogP) is 4.51. The molecule has 0 atom stereocenters. The molecule has 2 aromatic rings. The Morgan fingerprint density at radius 2 is 1.78 bits per heavy atom. The van der Waals surface area contributed by atoms with E-state index in [0.717, 1.165) is 23.4 Å². The van der Waals surface area contributed by atoms with Gasteiger partial charge in [0, 0.05) is 17.4 Å². The van der Waals surface area contributed by atoms with Crippen LogP contribution in [0.15, 0.2) is 29.0 Å². The van der Waals surface area contributed by atoms with E-state index in [-0.39, 0.29) is 5.82 Å². The lowest BCUT2D eigenvalue weighted by Gasteiger charge is -2.32. The zero-order valence-corrected chi connectivity index (χ0v) is 16.5. The van der Waals surface area contributed by atoms with Gasteiger partial charge in [-0.05, 0) is 39.7 Å². The number of hydrogen-bond acceptors (Lipinski definition) is 4. The summed E-state index contributed by atoms with van der Waals surface area (Å²) in [6.45, 7) is 7.85. The fourth-order valence-corrected chi connectivity index (χ4v) is 3.96. The van der Waals surface area contributed by atoms with E-state index in [1.807, 2.05) is 33.8 Å². The van der Waals surface area contributed by atoms with E-state index in [2.05, 4.69) is 4.98 Å². The number of rotatable bonds is 4. The first-order valence-corrected chi connectivity index (χ1v) is 9.85. The van der Waals surface area contributed by atoms with Gasteiger partial charge in [-0.1, -0.05) is 37.8 Å². The van der Waals surface area contributed by atoms with Crippen molar-refractivity contribution in [3.63, 3.8) is 0 Å². The van der Waals surface area contributed by atoms with Gasteiger partial charge in [0.05, 0.1) is 11.2 Å². The smallest absolute Gasteiger partial charge is 0.448 e. The van der Waals surface area contributed by atoms with Gasteiger partial charge in [0.15, 0.2) is 6.39 Å². The normalized spacial score (nSPS) is 21.9. The minimum Gasteiger partial charge on any atom is -0.448 e. The Morgan fingerprint density at radius 1 is 1.11 bits per heavy atom. The molecule has 144 valence electrons. The average molecular weight is 371 g/mol. The second kappa shape index (κ2) is 6.75. The predicted molar refractivity (Wildman–Crippen MR) is 103 cm³/mol. The molecule has 0 bridgehead atoms. The molecule has 2 aliphatic rings. The number of halogens is 1. The highest BCUT2D eigenvalue weighted by Gasteiger charge is 2.52. The molecule has 4 rings (SSSR count). The van der Waals surface area contributed by atoms with Crippen molar-refractivity contribution in [2.45, 2.75) is 71.0 Å². The minimum absolute atomic E-state index is 0.346. The van der Waals surface area contributed by atoms with Crippen LogP contribution in [0.1, 0.15) is 59.1 Å². The lowest BCUT2D eigenvalue weighted by molar-refractivity contribution is 0.00578. The number of nitrogens with zero attached hydrogens (tertiary/aromatic N) is 1. The fraction of sp³-hybridized carbons (Fsp3) is 0.571. The molecule has 2 fully saturated rings. The maximum Gasteiger partial charge on any atom is 0.497 e. The van der Waals surface area contributed by atoms with Crippen LogP contribution in [-0.2, 0) is 15.7 Å². The van der Waals surface area contributed by atoms with Crippen LogP contribution < -0.4 is 5.46 Å². The summed E-state index contributed by atoms with van der Waals surface area (Å²) in [5.41, 5.74) is 0.890. The van der Waals surface area contributed by atoms with Crippen LogP contribution in [0.5, 0.6) is 0 Å². The number of oxazole rings is 1. The van der Waals surface area contributed by atoms with E-state index in [0.29, 0.717) is 11.4 Å². The Bertz CT molecular complexity index is 811. The van der Waals surface area contributed by atoms with Gasteiger partial charge in [-0.25, -0.2) is 9.37 Å². The molecule has 1 aliphatic carbocycles. The first-order valence-electron chi connectivity index (χ1n) is 9.85. The van der Waals surface area contributed by atoms with E-state index in [1.54, 1.807) is 6.07 Å². The standard InChI is InChI=1S/C21H27BFNO3/c1-20(2)21(3,4)27-22(26-20)16-10-9-15(12-17(16)23)19-18(25-13-24-19)11-14-7-5-6-8-14/h9-10,12-14H,5-8,11H2,1-4H3. The van der Waals surface area contributed by atoms with Crippen LogP contribution in [0.3, 0.4) is 0 Å². The summed E-state index contributed by atoms with van der Waals surface area (Å²) in [5, 5.41) is 0. The zero-order valence-electron chi connectivity index (χ0n) is 16.5. The molecule has 0 amide bonds. The molecule has 1 saturated carbocycles. The fourth-order valence-electron chi connectivity index (χ4n) is 3.96. The minimum atomic E-state index is -0.709. The Balaban J connectivity index is 1.57. The number of aromatic nitrogens is 1. The quantitative estimate of drug-likeness (QED) is 0.742. The van der Waals surface area contributed by atoms with Gasteiger partial charge in [-0.3, -0.25) is 0 Å². The van der Waals surface area contributed by atoms with E-state index >= 15 is 0 Å². The molecule has 27 heavy (non-hydrogen) atoms. The molecular formula is C21H27BFNO3. The SMILES string of the molecule is CC1(C)OB(c2ccc(-c3ncoc3CC3CCCC3)cc2F)OC1(C)C. The van der Waals surface area contributed by atoms with Crippen molar-refractivity contribution in [1.82, 2.24) is 4.98 Å². The van der Waals surface area contributed by atoms with E-state index < -0.39 is 18.3 Å². The van der Waals surface area contributed by atoms with Gasteiger partial charge in [-0.2, -0.15) is 0 Å². The number of benzene rings is 1. The van der Waals surface area contributed by atoms with Crippen molar-refractivity contribution >= 4 is 12.6 Å². The van der Waals surface area contributed by atoms with Crippen molar-refractivity contribution in [3.8, 4) is 11.3 Å². The van der Waals surface area contributed by atoms with Gasteiger partial charge >= 0.3 is 7.12 Å². The molecule has 6 heteroatoms. The summed E-state index contributed by atoms with van der Waals surface area (Å²) < 4.78 is 32.5. The van der Waals surface area contributed by atoms with Gasteiger partial charge in [-0.15, -0.1) is 0 Å². The molecule has 1 aromatic carbocycles. The first-order chi connectivity index (χ1) is 12.8. The maximum absolute atomic E-state index is 14.9. The van der Waals surface area contributed by atoms with Crippen LogP contribution in [0.25, 0.3) is 11.3 Å². The Kier molecular flexibility index (Phi) is 4.67. The molecule has 0 radical (unpaired) electrons. The van der Waals surface area contributed by atoms with Crippen molar-refractivity contribution in [3.05, 3.63) is 36.2 Å². The summed E-state index contributed by atoms with van der Waals surface area (Å²) >= 11 is 0. The van der Waals surface area contributed by atoms with Crippen molar-refractivity contribution in [1.29, 1.82) is 0 Å². The Labute approximate surface area is 160 Å². The Hall–Kier alpha value is -1.66. The van der Waals surface area contributed by atoms with E-state index in [9.17, 15) is 4.39 Å². The second-order valence-corrected chi connectivity index (χ2v) is 8.80. The summed E-state index contributed by atoms with van der Waals surface area (Å²) in [7, 11) is -0.709. The lowest BCUT2D eigenvalue weighted by Crippen LogP contribution is -2.41. The zero-order chi connectivity index (χ0) is 19.2. The van der Waals surface area contributed by atoms with Crippen LogP contribution in [0, 0.1) is 11.7 Å². The van der Waals surface area contributed by atoms with Crippen LogP contribution in [0.2, 0.25) is 0 Å². The first kappa shape index (κ1) is 18.7. The molecule has 1 saturated heterocycles. The highest BCUT2D eigenvalue weighted by molar-refractivity contribution is 6.62. The molecule has 1 aromatic heterocycles. The molecular weight excluding hydrogens is 344 g/mol. The number of hydrogen-bond donors (Lipinski definition) is 0. The molecule has 2 heterocycles. The molecule has 1 aliphatic heterocycles. The molecule has 0 spiro atoms. The highest BCUT2D eigenvalue weighted by Crippen LogP contribution is 2.37. The van der Waals surface area contributed by atoms with Gasteiger partial charge in [0.2, 0.25) is 0 Å². The van der Waals surface area contributed by atoms with Crippen molar-refractivity contribution in [2.75, 3.05) is 0 Å². The third kappa shape index (κ3) is 3.45. The highest BCUT2D eigenvalue weighted by atomic mass is 19.1. The molecule has 0 unspecified atom stereocenters. The summed E-state index contributed by atoms with van der Waals surface area (Å²) in [5.74, 6) is 1.15. The largest absolute Gasteiger partial charge is 0.497 e. The van der Waals surface area contributed by atoms with E-state index in [4.69, 9.17) is 13.7 Å². The summed E-state index contributed by atoms with van der Waals surface area (Å²) in [4.78, 5) is 4.35. The topological polar surface area (TPSA) is 44.5 Å². The summed E-state index contributed by atoms with van der Waals surface area (Å²) in [6, 6.07) is 5.12. The van der Waals surface area contributed by atoms with Crippen molar-refractivity contribution in [2.24, 2.45) is 5.92 Å². The van der Waals surface area contributed by atoms with Crippen LogP contribution in [0.4, 0.5) is 4.39 Å². The van der Waals surface area contributed by atoms with Gasteiger partial charge in [0.25, 0.3) is 0 Å². The summed E-state index contributed by atoms with van der Waals surface area (Å²) in [6.07, 6.45) is 7.36. The monoisotopic (exact) mass is 371 g/mol. The van der Waals surface area contributed by atoms with E-state index in [1.165, 1.54) is 38.1 Å². The van der Waals surface area contributed by atoms with Crippen LogP contribution >= 0.6 is 0 Å². The van der Waals surface area contributed by atoms with Gasteiger partial charge in [0.1, 0.15) is 17.3 Å². The second-order valence-electron chi connectivity index (χ2n) is 8.80.